The summed E-state index contributed by atoms with van der Waals surface area (Å²) in [5.41, 5.74) is 1.39. The van der Waals surface area contributed by atoms with E-state index in [0.717, 1.165) is 24.1 Å². The molecule has 3 nitrogen and oxygen atoms in total. The van der Waals surface area contributed by atoms with E-state index < -0.39 is 0 Å². The first kappa shape index (κ1) is 12.6. The molecule has 0 aromatic carbocycles. The zero-order valence-electron chi connectivity index (χ0n) is 10.3. The fourth-order valence-electron chi connectivity index (χ4n) is 2.11. The van der Waals surface area contributed by atoms with Crippen molar-refractivity contribution in [2.75, 3.05) is 20.3 Å². The molecule has 1 N–H and O–H groups in total. The summed E-state index contributed by atoms with van der Waals surface area (Å²) in [4.78, 5) is 14.2. The molecule has 4 heteroatoms. The van der Waals surface area contributed by atoms with Gasteiger partial charge in [-0.2, -0.15) is 0 Å². The highest BCUT2D eigenvalue weighted by molar-refractivity contribution is 7.14. The maximum atomic E-state index is 11.9. The molecule has 1 aliphatic carbocycles. The Hall–Kier alpha value is -0.870. The number of amides is 1. The van der Waals surface area contributed by atoms with Gasteiger partial charge in [0.05, 0.1) is 4.88 Å². The molecular weight excluding hydrogens is 234 g/mol. The van der Waals surface area contributed by atoms with Gasteiger partial charge in [-0.3, -0.25) is 4.79 Å². The number of aryl methyl sites for hydroxylation is 2. The fraction of sp³-hybridized carbons (Fsp3) is 0.615. The van der Waals surface area contributed by atoms with Crippen LogP contribution in [0.1, 0.15) is 39.4 Å². The van der Waals surface area contributed by atoms with Crippen LogP contribution in [-0.4, -0.2) is 26.2 Å². The van der Waals surface area contributed by atoms with Crippen molar-refractivity contribution in [1.82, 2.24) is 5.32 Å². The molecule has 1 amide bonds. The van der Waals surface area contributed by atoms with E-state index in [4.69, 9.17) is 4.74 Å². The molecule has 1 aliphatic rings. The molecule has 0 aliphatic heterocycles. The Morgan fingerprint density at radius 3 is 3.06 bits per heavy atom. The molecular formula is C13H19NO2S. The van der Waals surface area contributed by atoms with Crippen LogP contribution in [0.4, 0.5) is 0 Å². The molecule has 0 atom stereocenters. The monoisotopic (exact) mass is 253 g/mol. The van der Waals surface area contributed by atoms with Crippen molar-refractivity contribution in [2.24, 2.45) is 0 Å². The molecule has 0 saturated carbocycles. The smallest absolute Gasteiger partial charge is 0.261 e. The largest absolute Gasteiger partial charge is 0.385 e. The number of methoxy groups -OCH3 is 1. The Labute approximate surface area is 106 Å². The van der Waals surface area contributed by atoms with Gasteiger partial charge in [-0.15, -0.1) is 11.3 Å². The molecule has 1 aromatic heterocycles. The van der Waals surface area contributed by atoms with Crippen molar-refractivity contribution in [3.63, 3.8) is 0 Å². The Balaban J connectivity index is 1.88. The quantitative estimate of drug-likeness (QED) is 0.818. The molecule has 0 saturated heterocycles. The third-order valence-corrected chi connectivity index (χ3v) is 4.27. The minimum Gasteiger partial charge on any atom is -0.385 e. The van der Waals surface area contributed by atoms with E-state index in [0.29, 0.717) is 13.2 Å². The average Bonchev–Trinajstić information content (AvgIpc) is 2.78. The van der Waals surface area contributed by atoms with Crippen LogP contribution >= 0.6 is 11.3 Å². The summed E-state index contributed by atoms with van der Waals surface area (Å²) in [5.74, 6) is 0.0699. The maximum Gasteiger partial charge on any atom is 0.261 e. The van der Waals surface area contributed by atoms with Crippen molar-refractivity contribution in [2.45, 2.75) is 32.1 Å². The number of carbonyl (C=O) groups excluding carboxylic acids is 1. The second-order valence-corrected chi connectivity index (χ2v) is 5.51. The number of carbonyl (C=O) groups is 1. The van der Waals surface area contributed by atoms with E-state index in [9.17, 15) is 4.79 Å². The lowest BCUT2D eigenvalue weighted by Crippen LogP contribution is -2.24. The lowest BCUT2D eigenvalue weighted by molar-refractivity contribution is 0.0952. The predicted octanol–water partition coefficient (Wildman–Crippen LogP) is 2.39. The van der Waals surface area contributed by atoms with Crippen molar-refractivity contribution in [3.8, 4) is 0 Å². The van der Waals surface area contributed by atoms with Crippen LogP contribution in [0.5, 0.6) is 0 Å². The van der Waals surface area contributed by atoms with Gasteiger partial charge in [-0.25, -0.2) is 0 Å². The molecule has 1 aromatic rings. The average molecular weight is 253 g/mol. The first-order valence-electron chi connectivity index (χ1n) is 6.20. The molecule has 17 heavy (non-hydrogen) atoms. The number of ether oxygens (including phenoxy) is 1. The van der Waals surface area contributed by atoms with Crippen LogP contribution < -0.4 is 5.32 Å². The summed E-state index contributed by atoms with van der Waals surface area (Å²) < 4.78 is 4.95. The topological polar surface area (TPSA) is 38.3 Å². The van der Waals surface area contributed by atoms with Crippen LogP contribution in [0.3, 0.4) is 0 Å². The normalized spacial score (nSPS) is 14.4. The number of hydrogen-bond donors (Lipinski definition) is 1. The molecule has 0 bridgehead atoms. The lowest BCUT2D eigenvalue weighted by Gasteiger charge is -2.08. The molecule has 1 heterocycles. The highest BCUT2D eigenvalue weighted by atomic mass is 32.1. The number of fused-ring (bicyclic) bond motifs is 1. The van der Waals surface area contributed by atoms with Crippen molar-refractivity contribution in [3.05, 3.63) is 21.4 Å². The van der Waals surface area contributed by atoms with Gasteiger partial charge in [0.2, 0.25) is 0 Å². The van der Waals surface area contributed by atoms with E-state index in [1.54, 1.807) is 18.4 Å². The van der Waals surface area contributed by atoms with E-state index in [2.05, 4.69) is 11.4 Å². The van der Waals surface area contributed by atoms with Crippen molar-refractivity contribution in [1.29, 1.82) is 0 Å². The Kier molecular flexibility index (Phi) is 4.57. The molecule has 0 unspecified atom stereocenters. The van der Waals surface area contributed by atoms with Gasteiger partial charge in [-0.1, -0.05) is 0 Å². The number of thiophene rings is 1. The zero-order valence-corrected chi connectivity index (χ0v) is 11.1. The van der Waals surface area contributed by atoms with Crippen LogP contribution in [0.25, 0.3) is 0 Å². The first-order valence-corrected chi connectivity index (χ1v) is 7.01. The second kappa shape index (κ2) is 6.17. The summed E-state index contributed by atoms with van der Waals surface area (Å²) in [6.07, 6.45) is 5.69. The Bertz CT molecular complexity index is 363. The SMILES string of the molecule is COCCCNC(=O)c1cc2c(s1)CCCC2. The van der Waals surface area contributed by atoms with Gasteiger partial charge in [0.1, 0.15) is 0 Å². The van der Waals surface area contributed by atoms with Crippen LogP contribution in [-0.2, 0) is 17.6 Å². The van der Waals surface area contributed by atoms with E-state index in [1.165, 1.54) is 23.3 Å². The minimum absolute atomic E-state index is 0.0699. The fourth-order valence-corrected chi connectivity index (χ4v) is 3.28. The van der Waals surface area contributed by atoms with Gasteiger partial charge in [-0.05, 0) is 43.7 Å². The van der Waals surface area contributed by atoms with E-state index >= 15 is 0 Å². The van der Waals surface area contributed by atoms with E-state index in [1.807, 2.05) is 0 Å². The second-order valence-electron chi connectivity index (χ2n) is 4.37. The van der Waals surface area contributed by atoms with Crippen molar-refractivity contribution >= 4 is 17.2 Å². The summed E-state index contributed by atoms with van der Waals surface area (Å²) in [7, 11) is 1.68. The highest BCUT2D eigenvalue weighted by Gasteiger charge is 2.16. The Morgan fingerprint density at radius 2 is 2.29 bits per heavy atom. The summed E-state index contributed by atoms with van der Waals surface area (Å²) in [5, 5.41) is 2.93. The predicted molar refractivity (Wildman–Crippen MR) is 69.8 cm³/mol. The van der Waals surface area contributed by atoms with Crippen LogP contribution in [0, 0.1) is 0 Å². The standard InChI is InChI=1S/C13H19NO2S/c1-16-8-4-7-14-13(15)12-9-10-5-2-3-6-11(10)17-12/h9H,2-8H2,1H3,(H,14,15). The summed E-state index contributed by atoms with van der Waals surface area (Å²) in [6.45, 7) is 1.39. The van der Waals surface area contributed by atoms with Gasteiger partial charge in [0.25, 0.3) is 5.91 Å². The number of hydrogen-bond acceptors (Lipinski definition) is 3. The number of rotatable bonds is 5. The van der Waals surface area contributed by atoms with E-state index in [-0.39, 0.29) is 5.91 Å². The van der Waals surface area contributed by atoms with Crippen LogP contribution in [0.15, 0.2) is 6.07 Å². The number of nitrogens with one attached hydrogen (secondary N) is 1. The van der Waals surface area contributed by atoms with Gasteiger partial charge < -0.3 is 10.1 Å². The first-order chi connectivity index (χ1) is 8.31. The lowest BCUT2D eigenvalue weighted by atomic mass is 9.99. The summed E-state index contributed by atoms with van der Waals surface area (Å²) >= 11 is 1.66. The molecule has 0 fully saturated rings. The summed E-state index contributed by atoms with van der Waals surface area (Å²) in [6, 6.07) is 2.07. The molecule has 2 rings (SSSR count). The molecule has 0 spiro atoms. The third-order valence-electron chi connectivity index (χ3n) is 3.03. The van der Waals surface area contributed by atoms with Gasteiger partial charge in [0.15, 0.2) is 0 Å². The van der Waals surface area contributed by atoms with Crippen molar-refractivity contribution < 1.29 is 9.53 Å². The highest BCUT2D eigenvalue weighted by Crippen LogP contribution is 2.29. The zero-order chi connectivity index (χ0) is 12.1. The van der Waals surface area contributed by atoms with Crippen LogP contribution in [0.2, 0.25) is 0 Å². The Morgan fingerprint density at radius 1 is 1.47 bits per heavy atom. The maximum absolute atomic E-state index is 11.9. The molecule has 0 radical (unpaired) electrons. The third kappa shape index (κ3) is 3.30. The van der Waals surface area contributed by atoms with Gasteiger partial charge >= 0.3 is 0 Å². The van der Waals surface area contributed by atoms with Gasteiger partial charge in [0, 0.05) is 25.1 Å². The minimum atomic E-state index is 0.0699. The molecule has 94 valence electrons.